The van der Waals surface area contributed by atoms with Crippen LogP contribution in [-0.2, 0) is 6.42 Å². The zero-order valence-corrected chi connectivity index (χ0v) is 13.4. The van der Waals surface area contributed by atoms with Gasteiger partial charge in [0.15, 0.2) is 0 Å². The molecule has 0 aromatic carbocycles. The maximum absolute atomic E-state index is 4.85. The number of hydrogen-bond donors (Lipinski definition) is 1. The van der Waals surface area contributed by atoms with Gasteiger partial charge in [0.1, 0.15) is 0 Å². The van der Waals surface area contributed by atoms with Crippen molar-refractivity contribution in [3.05, 3.63) is 18.0 Å². The average Bonchev–Trinajstić information content (AvgIpc) is 2.88. The highest BCUT2D eigenvalue weighted by molar-refractivity contribution is 5.01. The number of nitrogens with zero attached hydrogens (tertiary/aromatic N) is 2. The van der Waals surface area contributed by atoms with Crippen molar-refractivity contribution in [2.75, 3.05) is 13.6 Å². The van der Waals surface area contributed by atoms with Gasteiger partial charge in [0.05, 0.1) is 11.7 Å². The van der Waals surface area contributed by atoms with Gasteiger partial charge < -0.3 is 5.32 Å². The van der Waals surface area contributed by atoms with E-state index in [4.69, 9.17) is 5.10 Å². The predicted molar refractivity (Wildman–Crippen MR) is 84.9 cm³/mol. The van der Waals surface area contributed by atoms with E-state index in [1.165, 1.54) is 44.2 Å². The minimum atomic E-state index is 0.658. The summed E-state index contributed by atoms with van der Waals surface area (Å²) in [6.45, 7) is 5.71. The third-order valence-corrected chi connectivity index (χ3v) is 4.41. The van der Waals surface area contributed by atoms with E-state index in [1.807, 2.05) is 7.05 Å². The van der Waals surface area contributed by atoms with E-state index in [1.54, 1.807) is 0 Å². The summed E-state index contributed by atoms with van der Waals surface area (Å²) in [4.78, 5) is 0. The first kappa shape index (κ1) is 15.6. The molecule has 0 saturated heterocycles. The van der Waals surface area contributed by atoms with Crippen LogP contribution in [0.3, 0.4) is 0 Å². The lowest BCUT2D eigenvalue weighted by atomic mass is 9.93. The van der Waals surface area contributed by atoms with Gasteiger partial charge in [-0.3, -0.25) is 4.68 Å². The SMILES string of the molecule is CNCC(Cc1ccn(C2CCCCC2)n1)CC(C)C. The van der Waals surface area contributed by atoms with Crippen molar-refractivity contribution in [1.82, 2.24) is 15.1 Å². The Kier molecular flexibility index (Phi) is 6.08. The monoisotopic (exact) mass is 277 g/mol. The van der Waals surface area contributed by atoms with Gasteiger partial charge in [-0.1, -0.05) is 33.1 Å². The molecular weight excluding hydrogens is 246 g/mol. The number of hydrogen-bond acceptors (Lipinski definition) is 2. The van der Waals surface area contributed by atoms with Crippen molar-refractivity contribution < 1.29 is 0 Å². The van der Waals surface area contributed by atoms with Crippen molar-refractivity contribution in [3.63, 3.8) is 0 Å². The molecule has 0 spiro atoms. The van der Waals surface area contributed by atoms with Crippen LogP contribution in [0.5, 0.6) is 0 Å². The van der Waals surface area contributed by atoms with Gasteiger partial charge in [0.2, 0.25) is 0 Å². The molecule has 1 unspecified atom stereocenters. The highest BCUT2D eigenvalue weighted by Crippen LogP contribution is 2.27. The Bertz CT molecular complexity index is 377. The van der Waals surface area contributed by atoms with E-state index in [9.17, 15) is 0 Å². The number of aromatic nitrogens is 2. The van der Waals surface area contributed by atoms with Gasteiger partial charge in [-0.25, -0.2) is 0 Å². The molecule has 1 atom stereocenters. The molecule has 0 aliphatic heterocycles. The van der Waals surface area contributed by atoms with Crippen LogP contribution in [0.4, 0.5) is 0 Å². The molecule has 0 amide bonds. The molecule has 1 fully saturated rings. The van der Waals surface area contributed by atoms with E-state index >= 15 is 0 Å². The molecule has 1 heterocycles. The molecule has 114 valence electrons. The van der Waals surface area contributed by atoms with Crippen LogP contribution in [0.1, 0.15) is 64.1 Å². The second-order valence-corrected chi connectivity index (χ2v) is 6.84. The summed E-state index contributed by atoms with van der Waals surface area (Å²) in [6, 6.07) is 2.89. The van der Waals surface area contributed by atoms with Crippen LogP contribution in [0.15, 0.2) is 12.3 Å². The molecule has 1 N–H and O–H groups in total. The number of nitrogens with one attached hydrogen (secondary N) is 1. The second kappa shape index (κ2) is 7.82. The summed E-state index contributed by atoms with van der Waals surface area (Å²) in [5, 5.41) is 8.18. The Morgan fingerprint density at radius 2 is 2.05 bits per heavy atom. The van der Waals surface area contributed by atoms with Gasteiger partial charge in [-0.2, -0.15) is 5.10 Å². The molecular formula is C17H31N3. The molecule has 1 aromatic rings. The summed E-state index contributed by atoms with van der Waals surface area (Å²) in [6.07, 6.45) is 11.4. The lowest BCUT2D eigenvalue weighted by Crippen LogP contribution is -2.22. The van der Waals surface area contributed by atoms with Gasteiger partial charge in [-0.15, -0.1) is 0 Å². The zero-order valence-electron chi connectivity index (χ0n) is 13.4. The number of rotatable bonds is 7. The fourth-order valence-corrected chi connectivity index (χ4v) is 3.53. The van der Waals surface area contributed by atoms with Crippen LogP contribution in [-0.4, -0.2) is 23.4 Å². The quantitative estimate of drug-likeness (QED) is 0.821. The Morgan fingerprint density at radius 1 is 1.30 bits per heavy atom. The van der Waals surface area contributed by atoms with Gasteiger partial charge in [0.25, 0.3) is 0 Å². The van der Waals surface area contributed by atoms with Gasteiger partial charge >= 0.3 is 0 Å². The fourth-order valence-electron chi connectivity index (χ4n) is 3.53. The molecule has 2 rings (SSSR count). The topological polar surface area (TPSA) is 29.9 Å². The largest absolute Gasteiger partial charge is 0.319 e. The van der Waals surface area contributed by atoms with Crippen LogP contribution in [0, 0.1) is 11.8 Å². The summed E-state index contributed by atoms with van der Waals surface area (Å²) < 4.78 is 2.24. The van der Waals surface area contributed by atoms with Crippen LogP contribution < -0.4 is 5.32 Å². The highest BCUT2D eigenvalue weighted by Gasteiger charge is 2.17. The minimum absolute atomic E-state index is 0.658. The smallest absolute Gasteiger partial charge is 0.0627 e. The molecule has 1 saturated carbocycles. The first-order valence-corrected chi connectivity index (χ1v) is 8.37. The first-order chi connectivity index (χ1) is 9.69. The molecule has 1 aromatic heterocycles. The molecule has 0 bridgehead atoms. The van der Waals surface area contributed by atoms with E-state index < -0.39 is 0 Å². The lowest BCUT2D eigenvalue weighted by molar-refractivity contribution is 0.325. The van der Waals surface area contributed by atoms with E-state index in [2.05, 4.69) is 36.1 Å². The van der Waals surface area contributed by atoms with E-state index in [-0.39, 0.29) is 0 Å². The van der Waals surface area contributed by atoms with E-state index in [0.717, 1.165) is 18.9 Å². The molecule has 0 radical (unpaired) electrons. The summed E-state index contributed by atoms with van der Waals surface area (Å²) in [5.74, 6) is 1.46. The van der Waals surface area contributed by atoms with Crippen molar-refractivity contribution in [2.24, 2.45) is 11.8 Å². The first-order valence-electron chi connectivity index (χ1n) is 8.37. The second-order valence-electron chi connectivity index (χ2n) is 6.84. The summed E-state index contributed by atoms with van der Waals surface area (Å²) in [5.41, 5.74) is 1.27. The summed E-state index contributed by atoms with van der Waals surface area (Å²) in [7, 11) is 2.05. The van der Waals surface area contributed by atoms with E-state index in [0.29, 0.717) is 12.0 Å². The standard InChI is InChI=1S/C17H31N3/c1-14(2)11-15(13-18-3)12-16-9-10-20(19-16)17-7-5-4-6-8-17/h9-10,14-15,17-18H,4-8,11-13H2,1-3H3. The Morgan fingerprint density at radius 3 is 2.70 bits per heavy atom. The molecule has 20 heavy (non-hydrogen) atoms. The molecule has 1 aliphatic carbocycles. The van der Waals surface area contributed by atoms with Crippen LogP contribution in [0.2, 0.25) is 0 Å². The maximum atomic E-state index is 4.85. The minimum Gasteiger partial charge on any atom is -0.319 e. The van der Waals surface area contributed by atoms with Gasteiger partial charge in [0, 0.05) is 6.20 Å². The van der Waals surface area contributed by atoms with Crippen LogP contribution >= 0.6 is 0 Å². The Hall–Kier alpha value is -0.830. The zero-order chi connectivity index (χ0) is 14.4. The van der Waals surface area contributed by atoms with Crippen molar-refractivity contribution in [3.8, 4) is 0 Å². The lowest BCUT2D eigenvalue weighted by Gasteiger charge is -2.22. The normalized spacial score (nSPS) is 18.6. The Labute approximate surface area is 124 Å². The Balaban J connectivity index is 1.92. The summed E-state index contributed by atoms with van der Waals surface area (Å²) >= 11 is 0. The molecule has 3 nitrogen and oxygen atoms in total. The third-order valence-electron chi connectivity index (χ3n) is 4.41. The van der Waals surface area contributed by atoms with Gasteiger partial charge in [-0.05, 0) is 57.2 Å². The molecule has 3 heteroatoms. The van der Waals surface area contributed by atoms with Crippen molar-refractivity contribution in [2.45, 2.75) is 64.8 Å². The average molecular weight is 277 g/mol. The highest BCUT2D eigenvalue weighted by atomic mass is 15.3. The van der Waals surface area contributed by atoms with Crippen molar-refractivity contribution in [1.29, 1.82) is 0 Å². The maximum Gasteiger partial charge on any atom is 0.0627 e. The fraction of sp³-hybridized carbons (Fsp3) is 0.824. The van der Waals surface area contributed by atoms with Crippen LogP contribution in [0.25, 0.3) is 0 Å². The van der Waals surface area contributed by atoms with Crippen molar-refractivity contribution >= 4 is 0 Å². The third kappa shape index (κ3) is 4.62. The predicted octanol–water partition coefficient (Wildman–Crippen LogP) is 3.81. The molecule has 1 aliphatic rings.